The van der Waals surface area contributed by atoms with Crippen LogP contribution in [0.4, 0.5) is 0 Å². The molecule has 40 heavy (non-hydrogen) atoms. The molecule has 0 aliphatic heterocycles. The fourth-order valence-electron chi connectivity index (χ4n) is 5.65. The van der Waals surface area contributed by atoms with Gasteiger partial charge in [-0.15, -0.1) is 23.5 Å². The van der Waals surface area contributed by atoms with Gasteiger partial charge in [0.2, 0.25) is 0 Å². The van der Waals surface area contributed by atoms with Gasteiger partial charge in [0.25, 0.3) is 0 Å². The average molecular weight is 615 g/mol. The molecule has 0 aliphatic carbocycles. The molecule has 0 saturated heterocycles. The predicted octanol–water partition coefficient (Wildman–Crippen LogP) is 15.3. The van der Waals surface area contributed by atoms with Crippen LogP contribution in [-0.2, 0) is 0 Å². The van der Waals surface area contributed by atoms with Gasteiger partial charge in [-0.25, -0.2) is 0 Å². The van der Waals surface area contributed by atoms with Crippen molar-refractivity contribution >= 4 is 39.3 Å². The maximum atomic E-state index is 5.60. The summed E-state index contributed by atoms with van der Waals surface area (Å²) in [4.78, 5) is 0. The van der Waals surface area contributed by atoms with Crippen molar-refractivity contribution in [3.05, 3.63) is 0 Å². The van der Waals surface area contributed by atoms with Gasteiger partial charge in [0, 0.05) is 0 Å². The molecule has 0 rings (SSSR count). The van der Waals surface area contributed by atoms with E-state index in [4.69, 9.17) is 12.2 Å². The number of hydrogen-bond donors (Lipinski definition) is 0. The summed E-state index contributed by atoms with van der Waals surface area (Å²) in [7, 11) is 0. The van der Waals surface area contributed by atoms with E-state index in [2.05, 4.69) is 13.8 Å². The van der Waals surface area contributed by atoms with Crippen molar-refractivity contribution in [2.24, 2.45) is 0 Å². The molecule has 0 N–H and O–H groups in total. The molecule has 0 heterocycles. The van der Waals surface area contributed by atoms with E-state index in [0.29, 0.717) is 0 Å². The molecule has 0 aromatic carbocycles. The largest absolute Gasteiger partial charge is 0.108 e. The molecule has 0 nitrogen and oxygen atoms in total. The molecule has 0 saturated carbocycles. The Morgan fingerprint density at radius 1 is 0.300 bits per heavy atom. The van der Waals surface area contributed by atoms with Gasteiger partial charge in [0.1, 0.15) is 3.53 Å². The summed E-state index contributed by atoms with van der Waals surface area (Å²) in [6.07, 6.45) is 46.2. The van der Waals surface area contributed by atoms with Gasteiger partial charge < -0.3 is 0 Å². The molecule has 3 heteroatoms. The Kier molecular flexibility index (Phi) is 38.6. The van der Waals surface area contributed by atoms with E-state index in [1.165, 1.54) is 221 Å². The van der Waals surface area contributed by atoms with Crippen LogP contribution in [0.1, 0.15) is 219 Å². The molecule has 0 unspecified atom stereocenters. The van der Waals surface area contributed by atoms with Crippen molar-refractivity contribution in [1.29, 1.82) is 0 Å². The van der Waals surface area contributed by atoms with Gasteiger partial charge in [-0.1, -0.05) is 219 Å². The predicted molar refractivity (Wildman–Crippen MR) is 197 cm³/mol. The van der Waals surface area contributed by atoms with Crippen molar-refractivity contribution in [3.63, 3.8) is 0 Å². The van der Waals surface area contributed by atoms with Gasteiger partial charge in [-0.05, 0) is 24.3 Å². The SMILES string of the molecule is CCCCCCCCCCCCCCCCCCSC(=S)SCCCCCCCCCCCCCCCCCC. The van der Waals surface area contributed by atoms with Crippen LogP contribution in [0.5, 0.6) is 0 Å². The summed E-state index contributed by atoms with van der Waals surface area (Å²) >= 11 is 9.49. The number of rotatable bonds is 34. The van der Waals surface area contributed by atoms with Crippen molar-refractivity contribution < 1.29 is 0 Å². The highest BCUT2D eigenvalue weighted by Gasteiger charge is 2.00. The van der Waals surface area contributed by atoms with Crippen LogP contribution in [0.25, 0.3) is 0 Å². The maximum absolute atomic E-state index is 5.60. The first-order valence-electron chi connectivity index (χ1n) is 18.6. The molecule has 0 spiro atoms. The monoisotopic (exact) mass is 614 g/mol. The zero-order chi connectivity index (χ0) is 29.0. The average Bonchev–Trinajstić information content (AvgIpc) is 2.96. The van der Waals surface area contributed by atoms with E-state index in [-0.39, 0.29) is 0 Å². The van der Waals surface area contributed by atoms with E-state index in [9.17, 15) is 0 Å². The highest BCUT2D eigenvalue weighted by Crippen LogP contribution is 2.22. The maximum Gasteiger partial charge on any atom is 0.104 e. The molecule has 0 fully saturated rings. The summed E-state index contributed by atoms with van der Waals surface area (Å²) in [5.41, 5.74) is 0. The van der Waals surface area contributed by atoms with Gasteiger partial charge in [-0.2, -0.15) is 0 Å². The van der Waals surface area contributed by atoms with Crippen LogP contribution >= 0.6 is 35.7 Å². The fourth-order valence-corrected chi connectivity index (χ4v) is 8.02. The van der Waals surface area contributed by atoms with E-state index < -0.39 is 0 Å². The Balaban J connectivity index is 3.14. The Labute approximate surface area is 268 Å². The summed E-state index contributed by atoms with van der Waals surface area (Å²) < 4.78 is 1.20. The summed E-state index contributed by atoms with van der Waals surface area (Å²) in [6.45, 7) is 4.61. The second-order valence-electron chi connectivity index (χ2n) is 12.6. The third-order valence-electron chi connectivity index (χ3n) is 8.44. The Bertz CT molecular complexity index is 424. The topological polar surface area (TPSA) is 0 Å². The first-order chi connectivity index (χ1) is 19.8. The van der Waals surface area contributed by atoms with Crippen LogP contribution in [0, 0.1) is 0 Å². The van der Waals surface area contributed by atoms with E-state index in [1.807, 2.05) is 23.5 Å². The van der Waals surface area contributed by atoms with Crippen molar-refractivity contribution in [2.75, 3.05) is 11.5 Å². The molecule has 0 bridgehead atoms. The fraction of sp³-hybridized carbons (Fsp3) is 0.973. The summed E-state index contributed by atoms with van der Waals surface area (Å²) in [5.74, 6) is 2.48. The zero-order valence-corrected chi connectivity index (χ0v) is 30.2. The smallest absolute Gasteiger partial charge is 0.104 e. The Morgan fingerprint density at radius 3 is 0.675 bits per heavy atom. The molecule has 0 aromatic rings. The number of thiocarbonyl (C=S) groups is 1. The molecular weight excluding hydrogens is 541 g/mol. The van der Waals surface area contributed by atoms with E-state index in [0.717, 1.165) is 0 Å². The number of thioether (sulfide) groups is 2. The van der Waals surface area contributed by atoms with E-state index in [1.54, 1.807) is 0 Å². The van der Waals surface area contributed by atoms with Crippen molar-refractivity contribution in [1.82, 2.24) is 0 Å². The van der Waals surface area contributed by atoms with E-state index >= 15 is 0 Å². The second kappa shape index (κ2) is 37.8. The Hall–Kier alpha value is 0.790. The number of hydrogen-bond acceptors (Lipinski definition) is 3. The minimum absolute atomic E-state index is 1.20. The lowest BCUT2D eigenvalue weighted by atomic mass is 10.0. The van der Waals surface area contributed by atoms with Crippen molar-refractivity contribution in [3.8, 4) is 0 Å². The summed E-state index contributed by atoms with van der Waals surface area (Å²) in [6, 6.07) is 0. The summed E-state index contributed by atoms with van der Waals surface area (Å²) in [5, 5.41) is 0. The molecule has 0 aromatic heterocycles. The highest BCUT2D eigenvalue weighted by molar-refractivity contribution is 8.47. The minimum Gasteiger partial charge on any atom is -0.108 e. The molecule has 0 radical (unpaired) electrons. The standard InChI is InChI=1S/C37H74S3/c1-3-5-7-9-11-13-15-17-19-21-23-25-27-29-31-33-35-39-37(38)40-36-34-32-30-28-26-24-22-20-18-16-14-12-10-8-6-4-2/h3-36H2,1-2H3. The lowest BCUT2D eigenvalue weighted by Crippen LogP contribution is -1.90. The zero-order valence-electron chi connectivity index (χ0n) is 27.8. The van der Waals surface area contributed by atoms with Crippen LogP contribution in [0.3, 0.4) is 0 Å². The second-order valence-corrected chi connectivity index (χ2v) is 15.9. The van der Waals surface area contributed by atoms with Crippen LogP contribution in [-0.4, -0.2) is 15.0 Å². The molecule has 240 valence electrons. The molecule has 0 aliphatic rings. The Morgan fingerprint density at radius 2 is 0.475 bits per heavy atom. The van der Waals surface area contributed by atoms with Crippen LogP contribution in [0.2, 0.25) is 0 Å². The highest BCUT2D eigenvalue weighted by atomic mass is 32.2. The number of unbranched alkanes of at least 4 members (excludes halogenated alkanes) is 30. The third kappa shape index (κ3) is 36.8. The quantitative estimate of drug-likeness (QED) is 0.0522. The van der Waals surface area contributed by atoms with Gasteiger partial charge in [0.05, 0.1) is 0 Å². The first-order valence-corrected chi connectivity index (χ1v) is 21.0. The van der Waals surface area contributed by atoms with Crippen LogP contribution in [0.15, 0.2) is 0 Å². The van der Waals surface area contributed by atoms with Gasteiger partial charge in [0.15, 0.2) is 0 Å². The first kappa shape index (κ1) is 40.8. The van der Waals surface area contributed by atoms with Gasteiger partial charge >= 0.3 is 0 Å². The molecule has 0 atom stereocenters. The normalized spacial score (nSPS) is 11.4. The van der Waals surface area contributed by atoms with Crippen molar-refractivity contribution in [2.45, 2.75) is 219 Å². The molecular formula is C37H74S3. The lowest BCUT2D eigenvalue weighted by molar-refractivity contribution is 0.532. The lowest BCUT2D eigenvalue weighted by Gasteiger charge is -2.05. The minimum atomic E-state index is 1.20. The third-order valence-corrected chi connectivity index (χ3v) is 11.3. The van der Waals surface area contributed by atoms with Crippen LogP contribution < -0.4 is 0 Å². The van der Waals surface area contributed by atoms with Gasteiger partial charge in [-0.3, -0.25) is 0 Å². The molecule has 0 amide bonds.